The number of halogens is 1. The summed E-state index contributed by atoms with van der Waals surface area (Å²) in [5, 5.41) is 3.83. The van der Waals surface area contributed by atoms with Crippen LogP contribution in [-0.4, -0.2) is 61.2 Å². The second kappa shape index (κ2) is 10.9. The number of rotatable bonds is 10. The highest BCUT2D eigenvalue weighted by Gasteiger charge is 2.28. The maximum Gasteiger partial charge on any atom is 0.206 e. The number of hydrogen-bond donors (Lipinski definition) is 1. The number of fused-ring (bicyclic) bond motifs is 1. The molecule has 1 aliphatic heterocycles. The molecule has 1 unspecified atom stereocenters. The number of carbonyl (C=O) groups is 1. The molecule has 0 amide bonds. The number of thioether (sulfide) groups is 1. The highest BCUT2D eigenvalue weighted by Crippen LogP contribution is 2.38. The molecule has 2 heterocycles. The summed E-state index contributed by atoms with van der Waals surface area (Å²) in [5.41, 5.74) is 1.30. The number of pyridine rings is 1. The number of carbonyl (C=O) groups excluding carboxylic acids is 1. The lowest BCUT2D eigenvalue weighted by molar-refractivity contribution is -0.114. The van der Waals surface area contributed by atoms with Crippen LogP contribution in [0.25, 0.3) is 10.9 Å². The number of likely N-dealkylation sites (N-methyl/N-ethyl adjacent to an activating group) is 1. The molecule has 1 atom stereocenters. The van der Waals surface area contributed by atoms with Gasteiger partial charge in [0.25, 0.3) is 0 Å². The average Bonchev–Trinajstić information content (AvgIpc) is 3.28. The molecule has 0 radical (unpaired) electrons. The van der Waals surface area contributed by atoms with E-state index >= 15 is 0 Å². The van der Waals surface area contributed by atoms with E-state index in [4.69, 9.17) is 14.2 Å². The fraction of sp³-hybridized carbons (Fsp3) is 0.360. The fourth-order valence-corrected chi connectivity index (χ4v) is 4.92. The number of methoxy groups -OCH3 is 1. The molecular formula is C25H28FN3O4S. The SMILES string of the molecule is CNc1ccc(Oc2ccnc3cc(OCCCN(C)C4CCSC4=O)c(OC)cc23)c(F)c1. The predicted molar refractivity (Wildman–Crippen MR) is 133 cm³/mol. The lowest BCUT2D eigenvalue weighted by Crippen LogP contribution is -2.35. The first-order valence-electron chi connectivity index (χ1n) is 11.1. The van der Waals surface area contributed by atoms with E-state index in [1.807, 2.05) is 7.05 Å². The van der Waals surface area contributed by atoms with Crippen LogP contribution in [0, 0.1) is 5.82 Å². The second-order valence-corrected chi connectivity index (χ2v) is 9.08. The lowest BCUT2D eigenvalue weighted by atomic mass is 10.1. The van der Waals surface area contributed by atoms with Gasteiger partial charge in [0, 0.05) is 48.7 Å². The third-order valence-corrected chi connectivity index (χ3v) is 6.78. The van der Waals surface area contributed by atoms with Crippen molar-refractivity contribution < 1.29 is 23.4 Å². The Morgan fingerprint density at radius 2 is 2.03 bits per heavy atom. The number of hydrogen-bond acceptors (Lipinski definition) is 8. The van der Waals surface area contributed by atoms with Crippen LogP contribution in [0.2, 0.25) is 0 Å². The van der Waals surface area contributed by atoms with Crippen molar-refractivity contribution in [3.8, 4) is 23.0 Å². The monoisotopic (exact) mass is 485 g/mol. The van der Waals surface area contributed by atoms with Gasteiger partial charge in [-0.25, -0.2) is 4.39 Å². The Balaban J connectivity index is 1.46. The van der Waals surface area contributed by atoms with Gasteiger partial charge in [0.15, 0.2) is 23.1 Å². The predicted octanol–water partition coefficient (Wildman–Crippen LogP) is 4.95. The van der Waals surface area contributed by atoms with E-state index in [2.05, 4.69) is 15.2 Å². The number of nitrogens with one attached hydrogen (secondary N) is 1. The fourth-order valence-electron chi connectivity index (χ4n) is 3.88. The van der Waals surface area contributed by atoms with Gasteiger partial charge in [-0.15, -0.1) is 0 Å². The Hall–Kier alpha value is -3.04. The topological polar surface area (TPSA) is 72.9 Å². The van der Waals surface area contributed by atoms with Gasteiger partial charge in [-0.05, 0) is 44.2 Å². The molecule has 7 nitrogen and oxygen atoms in total. The Bertz CT molecular complexity index is 1180. The van der Waals surface area contributed by atoms with E-state index in [1.54, 1.807) is 50.7 Å². The quantitative estimate of drug-likeness (QED) is 0.405. The Morgan fingerprint density at radius 1 is 1.18 bits per heavy atom. The smallest absolute Gasteiger partial charge is 0.206 e. The normalized spacial score (nSPS) is 15.7. The van der Waals surface area contributed by atoms with Crippen LogP contribution < -0.4 is 19.5 Å². The van der Waals surface area contributed by atoms with Crippen LogP contribution in [0.15, 0.2) is 42.6 Å². The first-order chi connectivity index (χ1) is 16.5. The molecule has 9 heteroatoms. The van der Waals surface area contributed by atoms with Crippen molar-refractivity contribution in [3.63, 3.8) is 0 Å². The summed E-state index contributed by atoms with van der Waals surface area (Å²) in [7, 11) is 5.27. The summed E-state index contributed by atoms with van der Waals surface area (Å²) in [4.78, 5) is 18.4. The summed E-state index contributed by atoms with van der Waals surface area (Å²) < 4.78 is 31.8. The van der Waals surface area contributed by atoms with Crippen LogP contribution in [0.3, 0.4) is 0 Å². The molecule has 0 spiro atoms. The molecule has 1 N–H and O–H groups in total. The molecule has 180 valence electrons. The molecule has 1 aliphatic rings. The Morgan fingerprint density at radius 3 is 2.74 bits per heavy atom. The number of nitrogens with zero attached hydrogens (tertiary/aromatic N) is 2. The van der Waals surface area contributed by atoms with Gasteiger partial charge in [-0.2, -0.15) is 0 Å². The van der Waals surface area contributed by atoms with Gasteiger partial charge in [-0.3, -0.25) is 14.7 Å². The van der Waals surface area contributed by atoms with Crippen molar-refractivity contribution in [2.45, 2.75) is 18.9 Å². The highest BCUT2D eigenvalue weighted by molar-refractivity contribution is 8.14. The first-order valence-corrected chi connectivity index (χ1v) is 12.1. The minimum atomic E-state index is -0.466. The van der Waals surface area contributed by atoms with E-state index in [0.29, 0.717) is 40.4 Å². The van der Waals surface area contributed by atoms with Crippen LogP contribution >= 0.6 is 11.8 Å². The number of ether oxygens (including phenoxy) is 3. The molecule has 0 aliphatic carbocycles. The highest BCUT2D eigenvalue weighted by atomic mass is 32.2. The first kappa shape index (κ1) is 24.1. The second-order valence-electron chi connectivity index (χ2n) is 7.98. The van der Waals surface area contributed by atoms with Crippen molar-refractivity contribution in [2.75, 3.05) is 45.4 Å². The van der Waals surface area contributed by atoms with Gasteiger partial charge >= 0.3 is 0 Å². The van der Waals surface area contributed by atoms with E-state index in [0.717, 1.165) is 25.1 Å². The molecule has 2 aromatic carbocycles. The van der Waals surface area contributed by atoms with Crippen molar-refractivity contribution in [1.29, 1.82) is 0 Å². The molecule has 1 saturated heterocycles. The number of anilines is 1. The largest absolute Gasteiger partial charge is 0.493 e. The van der Waals surface area contributed by atoms with Crippen molar-refractivity contribution in [2.24, 2.45) is 0 Å². The molecule has 0 saturated carbocycles. The zero-order valence-corrected chi connectivity index (χ0v) is 20.3. The van der Waals surface area contributed by atoms with Gasteiger partial charge in [0.1, 0.15) is 5.75 Å². The van der Waals surface area contributed by atoms with Gasteiger partial charge in [-0.1, -0.05) is 11.8 Å². The van der Waals surface area contributed by atoms with E-state index in [9.17, 15) is 9.18 Å². The van der Waals surface area contributed by atoms with Gasteiger partial charge in [0.05, 0.1) is 25.3 Å². The summed E-state index contributed by atoms with van der Waals surface area (Å²) >= 11 is 1.41. The van der Waals surface area contributed by atoms with Crippen LogP contribution in [0.5, 0.6) is 23.0 Å². The summed E-state index contributed by atoms with van der Waals surface area (Å²) in [6.45, 7) is 1.24. The van der Waals surface area contributed by atoms with E-state index in [-0.39, 0.29) is 16.9 Å². The summed E-state index contributed by atoms with van der Waals surface area (Å²) in [5.74, 6) is 2.12. The molecule has 4 rings (SSSR count). The Kier molecular flexibility index (Phi) is 7.74. The summed E-state index contributed by atoms with van der Waals surface area (Å²) in [6, 6.07) is 9.97. The third kappa shape index (κ3) is 5.37. The van der Waals surface area contributed by atoms with Crippen molar-refractivity contribution in [3.05, 3.63) is 48.4 Å². The maximum absolute atomic E-state index is 14.4. The Labute approximate surface area is 202 Å². The van der Waals surface area contributed by atoms with E-state index in [1.165, 1.54) is 17.8 Å². The minimum Gasteiger partial charge on any atom is -0.493 e. The lowest BCUT2D eigenvalue weighted by Gasteiger charge is -2.22. The molecule has 0 bridgehead atoms. The maximum atomic E-state index is 14.4. The molecule has 1 aromatic heterocycles. The van der Waals surface area contributed by atoms with Crippen LogP contribution in [0.1, 0.15) is 12.8 Å². The minimum absolute atomic E-state index is 0.00195. The summed E-state index contributed by atoms with van der Waals surface area (Å²) in [6.07, 6.45) is 3.28. The molecule has 3 aromatic rings. The van der Waals surface area contributed by atoms with Crippen LogP contribution in [0.4, 0.5) is 10.1 Å². The van der Waals surface area contributed by atoms with Crippen molar-refractivity contribution >= 4 is 33.5 Å². The molecule has 34 heavy (non-hydrogen) atoms. The van der Waals surface area contributed by atoms with Gasteiger partial charge in [0.2, 0.25) is 5.12 Å². The molecular weight excluding hydrogens is 457 g/mol. The zero-order chi connectivity index (χ0) is 24.1. The number of aromatic nitrogens is 1. The van der Waals surface area contributed by atoms with E-state index < -0.39 is 5.82 Å². The average molecular weight is 486 g/mol. The zero-order valence-electron chi connectivity index (χ0n) is 19.5. The number of benzene rings is 2. The standard InChI is InChI=1S/C25H28FN3O4S/c1-27-16-5-6-22(18(26)13-16)33-21-7-9-28-19-15-24(23(31-3)14-17(19)21)32-11-4-10-29(2)20-8-12-34-25(20)30/h5-7,9,13-15,20,27H,4,8,10-12H2,1-3H3. The van der Waals surface area contributed by atoms with Crippen molar-refractivity contribution in [1.82, 2.24) is 9.88 Å². The van der Waals surface area contributed by atoms with Gasteiger partial charge < -0.3 is 19.5 Å². The van der Waals surface area contributed by atoms with Crippen LogP contribution in [-0.2, 0) is 4.79 Å². The molecule has 1 fully saturated rings. The third-order valence-electron chi connectivity index (χ3n) is 5.78.